The maximum atomic E-state index is 12.1. The largest absolute Gasteiger partial charge is 0.294 e. The molecule has 0 unspecified atom stereocenters. The number of pyridine rings is 2. The van der Waals surface area contributed by atoms with Crippen LogP contribution in [0.1, 0.15) is 16.8 Å². The topological polar surface area (TPSA) is 63.2 Å². The van der Waals surface area contributed by atoms with Gasteiger partial charge in [0.05, 0.1) is 15.9 Å². The minimum absolute atomic E-state index is 0.300. The van der Waals surface area contributed by atoms with Gasteiger partial charge >= 0.3 is 0 Å². The Morgan fingerprint density at radius 1 is 1.19 bits per heavy atom. The average Bonchev–Trinajstić information content (AvgIpc) is 2.60. The number of rotatable bonds is 3. The summed E-state index contributed by atoms with van der Waals surface area (Å²) in [5.74, 6) is 0. The second-order valence-corrected chi connectivity index (χ2v) is 9.04. The molecule has 0 aliphatic carbocycles. The summed E-state index contributed by atoms with van der Waals surface area (Å²) in [4.78, 5) is 11.6. The number of sulfone groups is 1. The summed E-state index contributed by atoms with van der Waals surface area (Å²) in [6.07, 6.45) is 3.82. The molecule has 0 amide bonds. The minimum Gasteiger partial charge on any atom is -0.294 e. The second kappa shape index (κ2) is 6.61. The van der Waals surface area contributed by atoms with Crippen molar-refractivity contribution in [2.45, 2.75) is 24.4 Å². The Hall–Kier alpha value is -2.02. The summed E-state index contributed by atoms with van der Waals surface area (Å²) in [5.41, 5.74) is 4.82. The molecule has 134 valence electrons. The van der Waals surface area contributed by atoms with Gasteiger partial charge in [0.1, 0.15) is 0 Å². The van der Waals surface area contributed by atoms with Crippen LogP contribution in [0.15, 0.2) is 47.5 Å². The molecule has 4 rings (SSSR count). The molecule has 0 radical (unpaired) electrons. The van der Waals surface area contributed by atoms with Crippen LogP contribution in [0.5, 0.6) is 0 Å². The molecule has 0 fully saturated rings. The zero-order chi connectivity index (χ0) is 18.3. The molecule has 5 nitrogen and oxygen atoms in total. The Kier molecular flexibility index (Phi) is 4.42. The molecule has 0 saturated heterocycles. The Morgan fingerprint density at radius 3 is 2.85 bits per heavy atom. The van der Waals surface area contributed by atoms with Gasteiger partial charge in [0.15, 0.2) is 9.84 Å². The lowest BCUT2D eigenvalue weighted by Crippen LogP contribution is -2.31. The Labute approximate surface area is 157 Å². The minimum atomic E-state index is -3.33. The number of nitrogens with zero attached hydrogens (tertiary/aromatic N) is 3. The van der Waals surface area contributed by atoms with Gasteiger partial charge in [-0.05, 0) is 41.5 Å². The molecule has 7 heteroatoms. The van der Waals surface area contributed by atoms with Crippen molar-refractivity contribution in [2.24, 2.45) is 0 Å². The number of hydrogen-bond acceptors (Lipinski definition) is 5. The molecular formula is C19H18ClN3O2S. The molecule has 0 saturated carbocycles. The molecule has 0 bridgehead atoms. The smallest absolute Gasteiger partial charge is 0.175 e. The first-order valence-electron chi connectivity index (χ1n) is 8.34. The summed E-state index contributed by atoms with van der Waals surface area (Å²) in [6, 6.07) is 11.0. The van der Waals surface area contributed by atoms with E-state index < -0.39 is 9.84 Å². The van der Waals surface area contributed by atoms with E-state index in [0.717, 1.165) is 47.4 Å². The molecular weight excluding hydrogens is 370 g/mol. The molecule has 0 atom stereocenters. The molecule has 2 aromatic heterocycles. The van der Waals surface area contributed by atoms with Gasteiger partial charge in [0.25, 0.3) is 0 Å². The van der Waals surface area contributed by atoms with Crippen molar-refractivity contribution in [3.63, 3.8) is 0 Å². The van der Waals surface area contributed by atoms with Crippen LogP contribution < -0.4 is 0 Å². The van der Waals surface area contributed by atoms with E-state index in [1.54, 1.807) is 18.3 Å². The monoisotopic (exact) mass is 387 g/mol. The molecule has 0 N–H and O–H groups in total. The van der Waals surface area contributed by atoms with E-state index in [1.807, 2.05) is 12.1 Å². The summed E-state index contributed by atoms with van der Waals surface area (Å²) in [7, 11) is -3.33. The van der Waals surface area contributed by atoms with Gasteiger partial charge in [-0.3, -0.25) is 14.9 Å². The van der Waals surface area contributed by atoms with Crippen LogP contribution in [0.3, 0.4) is 0 Å². The van der Waals surface area contributed by atoms with Crippen molar-refractivity contribution in [3.8, 4) is 0 Å². The van der Waals surface area contributed by atoms with Crippen LogP contribution >= 0.6 is 11.6 Å². The van der Waals surface area contributed by atoms with Crippen LogP contribution in [-0.2, 0) is 29.3 Å². The molecule has 1 aliphatic rings. The molecule has 3 heterocycles. The molecule has 0 spiro atoms. The number of hydrogen-bond donors (Lipinski definition) is 0. The van der Waals surface area contributed by atoms with Gasteiger partial charge < -0.3 is 0 Å². The average molecular weight is 388 g/mol. The Balaban J connectivity index is 1.63. The molecule has 26 heavy (non-hydrogen) atoms. The number of benzene rings is 1. The summed E-state index contributed by atoms with van der Waals surface area (Å²) in [5, 5.41) is 0.430. The van der Waals surface area contributed by atoms with E-state index in [-0.39, 0.29) is 0 Å². The SMILES string of the molecule is CS(=O)(=O)c1cc(Cl)ccc1CN1CCc2nc3cccnc3cc2C1. The predicted molar refractivity (Wildman–Crippen MR) is 102 cm³/mol. The maximum Gasteiger partial charge on any atom is 0.175 e. The molecule has 1 aliphatic heterocycles. The van der Waals surface area contributed by atoms with E-state index in [2.05, 4.69) is 16.0 Å². The van der Waals surface area contributed by atoms with Crippen LogP contribution in [-0.4, -0.2) is 36.1 Å². The zero-order valence-corrected chi connectivity index (χ0v) is 15.9. The van der Waals surface area contributed by atoms with Crippen molar-refractivity contribution in [2.75, 3.05) is 12.8 Å². The fourth-order valence-corrected chi connectivity index (χ4v) is 4.58. The third-order valence-electron chi connectivity index (χ3n) is 4.63. The van der Waals surface area contributed by atoms with Crippen LogP contribution in [0.2, 0.25) is 5.02 Å². The van der Waals surface area contributed by atoms with Gasteiger partial charge in [-0.1, -0.05) is 17.7 Å². The van der Waals surface area contributed by atoms with E-state index >= 15 is 0 Å². The fraction of sp³-hybridized carbons (Fsp3) is 0.263. The summed E-state index contributed by atoms with van der Waals surface area (Å²) < 4.78 is 24.2. The lowest BCUT2D eigenvalue weighted by atomic mass is 10.0. The second-order valence-electron chi connectivity index (χ2n) is 6.62. The van der Waals surface area contributed by atoms with Gasteiger partial charge in [-0.15, -0.1) is 0 Å². The maximum absolute atomic E-state index is 12.1. The first-order valence-corrected chi connectivity index (χ1v) is 10.6. The molecule has 1 aromatic carbocycles. The van der Waals surface area contributed by atoms with Crippen molar-refractivity contribution < 1.29 is 8.42 Å². The van der Waals surface area contributed by atoms with Gasteiger partial charge in [-0.2, -0.15) is 0 Å². The highest BCUT2D eigenvalue weighted by Crippen LogP contribution is 2.26. The highest BCUT2D eigenvalue weighted by molar-refractivity contribution is 7.90. The number of aromatic nitrogens is 2. The Bertz CT molecular complexity index is 1100. The fourth-order valence-electron chi connectivity index (χ4n) is 3.40. The highest BCUT2D eigenvalue weighted by Gasteiger charge is 2.21. The summed E-state index contributed by atoms with van der Waals surface area (Å²) in [6.45, 7) is 2.11. The lowest BCUT2D eigenvalue weighted by molar-refractivity contribution is 0.242. The molecule has 3 aromatic rings. The van der Waals surface area contributed by atoms with E-state index in [4.69, 9.17) is 16.6 Å². The third-order valence-corrected chi connectivity index (χ3v) is 6.05. The van der Waals surface area contributed by atoms with Gasteiger partial charge in [-0.25, -0.2) is 8.42 Å². The quantitative estimate of drug-likeness (QED) is 0.690. The van der Waals surface area contributed by atoms with Crippen LogP contribution in [0.4, 0.5) is 0 Å². The first kappa shape index (κ1) is 17.4. The van der Waals surface area contributed by atoms with Crippen molar-refractivity contribution in [1.29, 1.82) is 0 Å². The van der Waals surface area contributed by atoms with Crippen molar-refractivity contribution in [1.82, 2.24) is 14.9 Å². The van der Waals surface area contributed by atoms with E-state index in [0.29, 0.717) is 16.5 Å². The number of fused-ring (bicyclic) bond motifs is 2. The first-order chi connectivity index (χ1) is 12.4. The normalized spacial score (nSPS) is 15.2. The van der Waals surface area contributed by atoms with E-state index in [1.165, 1.54) is 12.3 Å². The number of halogens is 1. The zero-order valence-electron chi connectivity index (χ0n) is 14.3. The lowest BCUT2D eigenvalue weighted by Gasteiger charge is -2.29. The highest BCUT2D eigenvalue weighted by atomic mass is 35.5. The summed E-state index contributed by atoms with van der Waals surface area (Å²) >= 11 is 5.99. The third kappa shape index (κ3) is 3.45. The van der Waals surface area contributed by atoms with Gasteiger partial charge in [0.2, 0.25) is 0 Å². The van der Waals surface area contributed by atoms with E-state index in [9.17, 15) is 8.42 Å². The van der Waals surface area contributed by atoms with Crippen molar-refractivity contribution >= 4 is 32.5 Å². The van der Waals surface area contributed by atoms with Crippen LogP contribution in [0.25, 0.3) is 11.0 Å². The van der Waals surface area contributed by atoms with Crippen LogP contribution in [0, 0.1) is 0 Å². The predicted octanol–water partition coefficient (Wildman–Crippen LogP) is 3.25. The Morgan fingerprint density at radius 2 is 2.04 bits per heavy atom. The van der Waals surface area contributed by atoms with Gasteiger partial charge in [0, 0.05) is 49.2 Å². The standard InChI is InChI=1S/C19H18ClN3O2S/c1-26(24,25)19-10-15(20)5-4-13(19)11-23-8-6-16-14(12-23)9-18-17(22-16)3-2-7-21-18/h2-5,7,9-10H,6,8,11-12H2,1H3. The van der Waals surface area contributed by atoms with Crippen molar-refractivity contribution in [3.05, 3.63) is 64.4 Å².